The lowest BCUT2D eigenvalue weighted by atomic mass is 10.1. The first-order chi connectivity index (χ1) is 13.8. The van der Waals surface area contributed by atoms with E-state index < -0.39 is 0 Å². The Kier molecular flexibility index (Phi) is 4.48. The fourth-order valence-corrected chi connectivity index (χ4v) is 4.08. The molecule has 7 nitrogen and oxygen atoms in total. The summed E-state index contributed by atoms with van der Waals surface area (Å²) in [4.78, 5) is 31.2. The van der Waals surface area contributed by atoms with Gasteiger partial charge in [-0.05, 0) is 45.2 Å². The van der Waals surface area contributed by atoms with Gasteiger partial charge in [-0.2, -0.15) is 4.98 Å². The minimum atomic E-state index is -0.351. The van der Waals surface area contributed by atoms with Crippen molar-refractivity contribution in [3.05, 3.63) is 67.6 Å². The minimum Gasteiger partial charge on any atom is -0.311 e. The Hall–Kier alpha value is -3.09. The zero-order valence-corrected chi connectivity index (χ0v) is 17.9. The molecule has 0 spiro atoms. The Morgan fingerprint density at radius 3 is 2.41 bits per heavy atom. The number of imidazole rings is 2. The largest absolute Gasteiger partial charge is 0.332 e. The molecule has 0 saturated carbocycles. The summed E-state index contributed by atoms with van der Waals surface area (Å²) in [6, 6.07) is 8.06. The van der Waals surface area contributed by atoms with Crippen molar-refractivity contribution >= 4 is 16.9 Å². The summed E-state index contributed by atoms with van der Waals surface area (Å²) in [5.74, 6) is 0.713. The van der Waals surface area contributed by atoms with Gasteiger partial charge >= 0.3 is 5.69 Å². The monoisotopic (exact) mass is 393 g/mol. The summed E-state index contributed by atoms with van der Waals surface area (Å²) in [5, 5.41) is 0. The van der Waals surface area contributed by atoms with Crippen molar-refractivity contribution in [1.82, 2.24) is 23.1 Å². The maximum atomic E-state index is 13.5. The van der Waals surface area contributed by atoms with Gasteiger partial charge in [0, 0.05) is 24.5 Å². The van der Waals surface area contributed by atoms with E-state index >= 15 is 0 Å². The molecule has 1 atom stereocenters. The molecule has 29 heavy (non-hydrogen) atoms. The van der Waals surface area contributed by atoms with Crippen LogP contribution in [0.5, 0.6) is 0 Å². The van der Waals surface area contributed by atoms with Crippen LogP contribution >= 0.6 is 0 Å². The topological polar surface area (TPSA) is 66.2 Å². The van der Waals surface area contributed by atoms with Crippen LogP contribution in [0.4, 0.5) is 0 Å². The molecule has 0 radical (unpaired) electrons. The van der Waals surface area contributed by atoms with Gasteiger partial charge in [-0.25, -0.2) is 4.79 Å². The molecule has 0 bridgehead atoms. The Morgan fingerprint density at radius 2 is 1.76 bits per heavy atom. The van der Waals surface area contributed by atoms with Crippen molar-refractivity contribution in [2.24, 2.45) is 7.05 Å². The van der Waals surface area contributed by atoms with E-state index in [1.165, 1.54) is 9.13 Å². The first-order valence-electron chi connectivity index (χ1n) is 10.0. The van der Waals surface area contributed by atoms with E-state index in [1.54, 1.807) is 7.05 Å². The third-order valence-corrected chi connectivity index (χ3v) is 6.18. The highest BCUT2D eigenvalue weighted by molar-refractivity contribution is 5.76. The van der Waals surface area contributed by atoms with Gasteiger partial charge in [-0.15, -0.1) is 0 Å². The van der Waals surface area contributed by atoms with Crippen molar-refractivity contribution in [3.63, 3.8) is 0 Å². The number of aromatic nitrogens is 5. The number of rotatable bonds is 4. The molecule has 1 unspecified atom stereocenters. The minimum absolute atomic E-state index is 0.242. The average Bonchev–Trinajstić information content (AvgIpc) is 3.20. The molecule has 3 aromatic heterocycles. The number of hydrogen-bond donors (Lipinski definition) is 0. The molecule has 4 rings (SSSR count). The van der Waals surface area contributed by atoms with Crippen molar-refractivity contribution < 1.29 is 0 Å². The molecule has 0 aliphatic carbocycles. The molecule has 3 heterocycles. The molecule has 7 heteroatoms. The predicted octanol–water partition coefficient (Wildman–Crippen LogP) is 3.09. The summed E-state index contributed by atoms with van der Waals surface area (Å²) in [6.07, 6.45) is 0.949. The van der Waals surface area contributed by atoms with E-state index in [9.17, 15) is 9.59 Å². The second-order valence-corrected chi connectivity index (χ2v) is 7.88. The van der Waals surface area contributed by atoms with Crippen LogP contribution in [-0.4, -0.2) is 23.1 Å². The lowest BCUT2D eigenvalue weighted by Crippen LogP contribution is -2.39. The van der Waals surface area contributed by atoms with Gasteiger partial charge in [0.05, 0.1) is 6.54 Å². The third kappa shape index (κ3) is 2.68. The van der Waals surface area contributed by atoms with Gasteiger partial charge in [-0.1, -0.05) is 31.2 Å². The van der Waals surface area contributed by atoms with Crippen molar-refractivity contribution in [1.29, 1.82) is 0 Å². The summed E-state index contributed by atoms with van der Waals surface area (Å²) in [5.41, 5.74) is 4.30. The van der Waals surface area contributed by atoms with Crippen molar-refractivity contribution in [2.75, 3.05) is 0 Å². The van der Waals surface area contributed by atoms with Crippen LogP contribution in [-0.2, 0) is 13.6 Å². The fourth-order valence-electron chi connectivity index (χ4n) is 4.08. The number of benzene rings is 1. The molecule has 0 amide bonds. The molecule has 152 valence electrons. The first kappa shape index (κ1) is 19.2. The highest BCUT2D eigenvalue weighted by Gasteiger charge is 2.24. The van der Waals surface area contributed by atoms with E-state index in [0.717, 1.165) is 28.9 Å². The van der Waals surface area contributed by atoms with Gasteiger partial charge in [0.2, 0.25) is 5.78 Å². The summed E-state index contributed by atoms with van der Waals surface area (Å²) >= 11 is 0. The number of hydrogen-bond acceptors (Lipinski definition) is 3. The van der Waals surface area contributed by atoms with E-state index in [2.05, 4.69) is 25.3 Å². The second-order valence-electron chi connectivity index (χ2n) is 7.88. The summed E-state index contributed by atoms with van der Waals surface area (Å²) < 4.78 is 6.86. The predicted molar refractivity (Wildman–Crippen MR) is 115 cm³/mol. The lowest BCUT2D eigenvalue weighted by molar-refractivity contribution is 0.532. The van der Waals surface area contributed by atoms with Gasteiger partial charge in [0.1, 0.15) is 0 Å². The zero-order chi connectivity index (χ0) is 21.0. The van der Waals surface area contributed by atoms with E-state index in [1.807, 2.05) is 42.5 Å². The Balaban J connectivity index is 2.09. The molecule has 1 aromatic carbocycles. The second kappa shape index (κ2) is 6.76. The Morgan fingerprint density at radius 1 is 1.07 bits per heavy atom. The number of nitrogens with zero attached hydrogens (tertiary/aromatic N) is 5. The highest BCUT2D eigenvalue weighted by atomic mass is 16.2. The number of fused-ring (bicyclic) bond motifs is 3. The lowest BCUT2D eigenvalue weighted by Gasteiger charge is -2.13. The van der Waals surface area contributed by atoms with Crippen LogP contribution in [0, 0.1) is 20.8 Å². The molecule has 0 saturated heterocycles. The van der Waals surface area contributed by atoms with Gasteiger partial charge in [0.25, 0.3) is 5.56 Å². The van der Waals surface area contributed by atoms with Gasteiger partial charge < -0.3 is 4.57 Å². The van der Waals surface area contributed by atoms with Crippen LogP contribution in [0.3, 0.4) is 0 Å². The first-order valence-corrected chi connectivity index (χ1v) is 10.0. The van der Waals surface area contributed by atoms with Crippen LogP contribution < -0.4 is 11.2 Å². The van der Waals surface area contributed by atoms with Gasteiger partial charge in [-0.3, -0.25) is 18.3 Å². The molecule has 0 aliphatic heterocycles. The van der Waals surface area contributed by atoms with E-state index in [-0.39, 0.29) is 23.8 Å². The van der Waals surface area contributed by atoms with Crippen LogP contribution in [0.15, 0.2) is 33.9 Å². The van der Waals surface area contributed by atoms with Gasteiger partial charge in [0.15, 0.2) is 11.2 Å². The average molecular weight is 393 g/mol. The van der Waals surface area contributed by atoms with Crippen LogP contribution in [0.2, 0.25) is 0 Å². The molecular weight excluding hydrogens is 366 g/mol. The van der Waals surface area contributed by atoms with Crippen molar-refractivity contribution in [2.45, 2.75) is 53.6 Å². The third-order valence-electron chi connectivity index (χ3n) is 6.18. The normalized spacial score (nSPS) is 12.9. The molecule has 0 aliphatic rings. The molecule has 0 fully saturated rings. The standard InChI is InChI=1S/C22H27N5O2/c1-7-14(3)26-15(4)16(5)27-18-19(23-21(26)27)24(6)22(29)25(20(18)28)12-17-11-9-8-10-13(17)2/h8-11,14H,7,12H2,1-6H3. The van der Waals surface area contributed by atoms with Crippen molar-refractivity contribution in [3.8, 4) is 0 Å². The maximum Gasteiger partial charge on any atom is 0.332 e. The quantitative estimate of drug-likeness (QED) is 0.535. The molecular formula is C22H27N5O2. The molecule has 0 N–H and O–H groups in total. The smallest absolute Gasteiger partial charge is 0.311 e. The van der Waals surface area contributed by atoms with E-state index in [0.29, 0.717) is 16.9 Å². The highest BCUT2D eigenvalue weighted by Crippen LogP contribution is 2.25. The molecule has 4 aromatic rings. The summed E-state index contributed by atoms with van der Waals surface area (Å²) in [7, 11) is 1.68. The van der Waals surface area contributed by atoms with E-state index in [4.69, 9.17) is 4.98 Å². The van der Waals surface area contributed by atoms with Crippen LogP contribution in [0.1, 0.15) is 48.8 Å². The fraction of sp³-hybridized carbons (Fsp3) is 0.409. The Labute approximate surface area is 168 Å². The summed E-state index contributed by atoms with van der Waals surface area (Å²) in [6.45, 7) is 10.5. The maximum absolute atomic E-state index is 13.5. The Bertz CT molecular complexity index is 1370. The number of aryl methyl sites for hydroxylation is 3. The zero-order valence-electron chi connectivity index (χ0n) is 17.9. The SMILES string of the molecule is CCC(C)n1c(C)c(C)n2c3c(=O)n(Cc4ccccc4C)c(=O)n(C)c3nc12. The van der Waals surface area contributed by atoms with Crippen LogP contribution in [0.25, 0.3) is 16.9 Å².